The van der Waals surface area contributed by atoms with Crippen LogP contribution < -0.4 is 4.74 Å². The summed E-state index contributed by atoms with van der Waals surface area (Å²) in [7, 11) is 0. The number of Topliss-reactive ketones (excluding diaryl/α,β-unsaturated/α-hetero) is 1. The molecule has 2 aromatic carbocycles. The Kier molecular flexibility index (Phi) is 4.71. The molecule has 1 aromatic heterocycles. The predicted octanol–water partition coefficient (Wildman–Crippen LogP) is 4.96. The van der Waals surface area contributed by atoms with E-state index in [1.807, 2.05) is 6.07 Å². The normalized spacial score (nSPS) is 16.1. The molecule has 0 saturated heterocycles. The van der Waals surface area contributed by atoms with Crippen LogP contribution in [0.3, 0.4) is 0 Å². The Morgan fingerprint density at radius 1 is 1.29 bits per heavy atom. The zero-order valence-corrected chi connectivity index (χ0v) is 18.7. The number of carboxylic acids is 1. The second-order valence-electron chi connectivity index (χ2n) is 8.47. The molecule has 0 bridgehead atoms. The number of fused-ring (bicyclic) bond motifs is 4. The highest BCUT2D eigenvalue weighted by molar-refractivity contribution is 6.31. The summed E-state index contributed by atoms with van der Waals surface area (Å²) in [6.45, 7) is 0.806. The number of carbonyl (C=O) groups excluding carboxylic acids is 1. The number of benzene rings is 2. The van der Waals surface area contributed by atoms with Crippen LogP contribution in [0.15, 0.2) is 41.4 Å². The molecule has 0 radical (unpaired) electrons. The zero-order chi connectivity index (χ0) is 23.6. The number of ether oxygens (including phenoxy) is 1. The number of ketones is 1. The van der Waals surface area contributed by atoms with Gasteiger partial charge in [0.25, 0.3) is 0 Å². The summed E-state index contributed by atoms with van der Waals surface area (Å²) in [5, 5.41) is 11.3. The second kappa shape index (κ2) is 7.67. The van der Waals surface area contributed by atoms with Crippen molar-refractivity contribution in [2.45, 2.75) is 25.9 Å². The third kappa shape index (κ3) is 2.97. The number of halogens is 2. The molecule has 0 spiro atoms. The molecule has 1 N–H and O–H groups in total. The number of rotatable bonds is 4. The number of allylic oxidation sites excluding steroid dienone is 4. The van der Waals surface area contributed by atoms with E-state index in [2.05, 4.69) is 4.99 Å². The largest absolute Gasteiger partial charge is 0.492 e. The number of nitrogens with zero attached hydrogens (tertiary/aromatic N) is 2. The van der Waals surface area contributed by atoms with Gasteiger partial charge in [-0.05, 0) is 28.8 Å². The van der Waals surface area contributed by atoms with Gasteiger partial charge in [0.1, 0.15) is 17.3 Å². The lowest BCUT2D eigenvalue weighted by molar-refractivity contribution is -0.113. The molecule has 6 nitrogen and oxygen atoms in total. The third-order valence-electron chi connectivity index (χ3n) is 6.64. The number of aliphatic imine (C=N–C) groups is 1. The van der Waals surface area contributed by atoms with E-state index in [9.17, 15) is 14.7 Å². The lowest BCUT2D eigenvalue weighted by Crippen LogP contribution is -2.14. The van der Waals surface area contributed by atoms with Crippen molar-refractivity contribution in [1.82, 2.24) is 4.57 Å². The smallest absolute Gasteiger partial charge is 0.353 e. The predicted molar refractivity (Wildman–Crippen MR) is 127 cm³/mol. The van der Waals surface area contributed by atoms with Crippen molar-refractivity contribution in [2.75, 3.05) is 6.61 Å². The molecular formula is C26H18ClFN2O4. The number of carboxylic acid groups (broad SMARTS) is 1. The molecule has 8 heteroatoms. The minimum atomic E-state index is -1.22. The Balaban J connectivity index is 1.70. The number of hydrogen-bond acceptors (Lipinski definition) is 4. The second-order valence-corrected chi connectivity index (χ2v) is 8.88. The highest BCUT2D eigenvalue weighted by Gasteiger charge is 2.34. The molecule has 34 heavy (non-hydrogen) atoms. The van der Waals surface area contributed by atoms with Crippen molar-refractivity contribution in [3.8, 4) is 5.75 Å². The Hall–Kier alpha value is -3.71. The van der Waals surface area contributed by atoms with E-state index in [0.29, 0.717) is 52.4 Å². The van der Waals surface area contributed by atoms with Gasteiger partial charge in [-0.15, -0.1) is 0 Å². The first-order valence-electron chi connectivity index (χ1n) is 10.9. The van der Waals surface area contributed by atoms with Crippen LogP contribution in [-0.2, 0) is 24.3 Å². The maximum absolute atomic E-state index is 15.1. The fourth-order valence-electron chi connectivity index (χ4n) is 5.10. The molecule has 2 aliphatic heterocycles. The summed E-state index contributed by atoms with van der Waals surface area (Å²) in [5.41, 5.74) is 3.72. The van der Waals surface area contributed by atoms with Gasteiger partial charge in [-0.3, -0.25) is 9.79 Å². The van der Waals surface area contributed by atoms with E-state index in [1.54, 1.807) is 30.5 Å². The monoisotopic (exact) mass is 476 g/mol. The summed E-state index contributed by atoms with van der Waals surface area (Å²) in [6.07, 6.45) is 7.37. The van der Waals surface area contributed by atoms with E-state index in [0.717, 1.165) is 11.1 Å². The van der Waals surface area contributed by atoms with Crippen LogP contribution in [-0.4, -0.2) is 34.2 Å². The summed E-state index contributed by atoms with van der Waals surface area (Å²) >= 11 is 6.55. The van der Waals surface area contributed by atoms with Gasteiger partial charge < -0.3 is 14.4 Å². The SMILES string of the molecule is O=C1CC=CC=C1c1c(C(=O)O)n(Cc2c(Cl)ccc3c2CN=C3)c2cc(F)c3c(c12)OCC3. The van der Waals surface area contributed by atoms with Crippen LogP contribution in [0.5, 0.6) is 5.75 Å². The summed E-state index contributed by atoms with van der Waals surface area (Å²) in [4.78, 5) is 29.9. The van der Waals surface area contributed by atoms with Crippen molar-refractivity contribution < 1.29 is 23.8 Å². The Morgan fingerprint density at radius 3 is 2.94 bits per heavy atom. The van der Waals surface area contributed by atoms with Crippen molar-refractivity contribution in [1.29, 1.82) is 0 Å². The highest BCUT2D eigenvalue weighted by atomic mass is 35.5. The zero-order valence-electron chi connectivity index (χ0n) is 17.9. The van der Waals surface area contributed by atoms with E-state index in [4.69, 9.17) is 16.3 Å². The highest BCUT2D eigenvalue weighted by Crippen LogP contribution is 2.45. The fourth-order valence-corrected chi connectivity index (χ4v) is 5.34. The van der Waals surface area contributed by atoms with Crippen molar-refractivity contribution in [3.05, 3.63) is 80.8 Å². The van der Waals surface area contributed by atoms with E-state index in [1.165, 1.54) is 10.6 Å². The molecule has 6 rings (SSSR count). The number of aromatic carboxylic acids is 1. The van der Waals surface area contributed by atoms with Crippen LogP contribution >= 0.6 is 11.6 Å². The summed E-state index contributed by atoms with van der Waals surface area (Å²) < 4.78 is 22.5. The first-order chi connectivity index (χ1) is 16.5. The molecule has 0 saturated carbocycles. The third-order valence-corrected chi connectivity index (χ3v) is 6.99. The maximum Gasteiger partial charge on any atom is 0.353 e. The lowest BCUT2D eigenvalue weighted by atomic mass is 9.92. The van der Waals surface area contributed by atoms with Gasteiger partial charge in [0.15, 0.2) is 5.78 Å². The lowest BCUT2D eigenvalue weighted by Gasteiger charge is -2.15. The minimum Gasteiger partial charge on any atom is -0.492 e. The van der Waals surface area contributed by atoms with Crippen molar-refractivity contribution in [2.24, 2.45) is 4.99 Å². The van der Waals surface area contributed by atoms with Gasteiger partial charge in [-0.2, -0.15) is 0 Å². The number of carbonyl (C=O) groups is 2. The molecule has 3 aliphatic rings. The van der Waals surface area contributed by atoms with Crippen LogP contribution in [0.1, 0.15) is 44.7 Å². The molecule has 0 fully saturated rings. The average molecular weight is 477 g/mol. The molecule has 3 heterocycles. The molecule has 0 atom stereocenters. The van der Waals surface area contributed by atoms with Crippen molar-refractivity contribution in [3.63, 3.8) is 0 Å². The first-order valence-corrected chi connectivity index (χ1v) is 11.3. The van der Waals surface area contributed by atoms with Crippen LogP contribution in [0.4, 0.5) is 4.39 Å². The Morgan fingerprint density at radius 2 is 2.15 bits per heavy atom. The first kappa shape index (κ1) is 20.9. The standard InChI is InChI=1S/C26H18ClFN2O4/c27-18-6-5-13-10-29-11-16(13)17(18)12-30-20-9-19(28)14-7-8-34-25(14)23(20)22(24(30)26(32)33)15-3-1-2-4-21(15)31/h1-3,5-6,9-10H,4,7-8,11-12H2,(H,32,33). The van der Waals surface area contributed by atoms with E-state index < -0.39 is 11.8 Å². The molecule has 1 aliphatic carbocycles. The summed E-state index contributed by atoms with van der Waals surface area (Å²) in [6, 6.07) is 4.96. The Labute approximate surface area is 198 Å². The number of hydrogen-bond donors (Lipinski definition) is 1. The molecular weight excluding hydrogens is 459 g/mol. The molecule has 3 aromatic rings. The van der Waals surface area contributed by atoms with Gasteiger partial charge in [-0.1, -0.05) is 35.9 Å². The fraction of sp³-hybridized carbons (Fsp3) is 0.192. The van der Waals surface area contributed by atoms with Gasteiger partial charge in [0.05, 0.1) is 30.6 Å². The quantitative estimate of drug-likeness (QED) is 0.577. The Bertz CT molecular complexity index is 1530. The van der Waals surface area contributed by atoms with Crippen LogP contribution in [0, 0.1) is 5.82 Å². The van der Waals surface area contributed by atoms with Gasteiger partial charge in [0, 0.05) is 40.8 Å². The number of aromatic nitrogens is 1. The maximum atomic E-state index is 15.1. The van der Waals surface area contributed by atoms with Crippen LogP contribution in [0.2, 0.25) is 5.02 Å². The molecule has 170 valence electrons. The van der Waals surface area contributed by atoms with Gasteiger partial charge >= 0.3 is 5.97 Å². The topological polar surface area (TPSA) is 80.9 Å². The van der Waals surface area contributed by atoms with E-state index in [-0.39, 0.29) is 35.6 Å². The molecule has 0 amide bonds. The van der Waals surface area contributed by atoms with Gasteiger partial charge in [0.2, 0.25) is 0 Å². The van der Waals surface area contributed by atoms with Crippen LogP contribution in [0.25, 0.3) is 16.5 Å². The minimum absolute atomic E-state index is 0.0824. The average Bonchev–Trinajstić information content (AvgIpc) is 3.54. The van der Waals surface area contributed by atoms with E-state index >= 15 is 4.39 Å². The summed E-state index contributed by atoms with van der Waals surface area (Å²) in [5.74, 6) is -1.57. The van der Waals surface area contributed by atoms with Gasteiger partial charge in [-0.25, -0.2) is 9.18 Å². The van der Waals surface area contributed by atoms with Crippen molar-refractivity contribution >= 4 is 46.0 Å². The molecule has 0 unspecified atom stereocenters.